The zero-order valence-electron chi connectivity index (χ0n) is 11.5. The highest BCUT2D eigenvalue weighted by Gasteiger charge is 2.29. The van der Waals surface area contributed by atoms with Crippen LogP contribution in [0.5, 0.6) is 0 Å². The number of benzene rings is 1. The van der Waals surface area contributed by atoms with Gasteiger partial charge in [-0.3, -0.25) is 9.52 Å². The Labute approximate surface area is 119 Å². The molecular weight excluding hydrogens is 278 g/mol. The SMILES string of the molecule is C[C@@H]1CNC[C@H]1C(=O)Nc1ccc(NS(C)(=O)=O)cc1. The van der Waals surface area contributed by atoms with Crippen molar-refractivity contribution in [3.63, 3.8) is 0 Å². The molecule has 0 spiro atoms. The Bertz CT molecular complexity index is 583. The van der Waals surface area contributed by atoms with Crippen LogP contribution >= 0.6 is 0 Å². The molecule has 2 rings (SSSR count). The minimum atomic E-state index is -3.28. The van der Waals surface area contributed by atoms with Crippen molar-refractivity contribution in [3.8, 4) is 0 Å². The quantitative estimate of drug-likeness (QED) is 0.769. The average Bonchev–Trinajstić information content (AvgIpc) is 2.76. The highest BCUT2D eigenvalue weighted by atomic mass is 32.2. The Kier molecular flexibility index (Phi) is 4.29. The first-order chi connectivity index (χ1) is 9.35. The van der Waals surface area contributed by atoms with Crippen LogP contribution in [0.25, 0.3) is 0 Å². The predicted molar refractivity (Wildman–Crippen MR) is 79.1 cm³/mol. The number of carbonyl (C=O) groups is 1. The Morgan fingerprint density at radius 2 is 1.80 bits per heavy atom. The molecule has 20 heavy (non-hydrogen) atoms. The summed E-state index contributed by atoms with van der Waals surface area (Å²) in [5.41, 5.74) is 1.13. The second-order valence-electron chi connectivity index (χ2n) is 5.18. The summed E-state index contributed by atoms with van der Waals surface area (Å²) in [6.07, 6.45) is 1.09. The van der Waals surface area contributed by atoms with E-state index >= 15 is 0 Å². The van der Waals surface area contributed by atoms with Crippen molar-refractivity contribution < 1.29 is 13.2 Å². The summed E-state index contributed by atoms with van der Waals surface area (Å²) < 4.78 is 24.5. The third-order valence-electron chi connectivity index (χ3n) is 3.31. The van der Waals surface area contributed by atoms with E-state index in [1.807, 2.05) is 6.92 Å². The van der Waals surface area contributed by atoms with Crippen LogP contribution in [0, 0.1) is 11.8 Å². The van der Waals surface area contributed by atoms with Crippen LogP contribution in [0.4, 0.5) is 11.4 Å². The van der Waals surface area contributed by atoms with Crippen LogP contribution < -0.4 is 15.4 Å². The number of amides is 1. The lowest BCUT2D eigenvalue weighted by Crippen LogP contribution is -2.27. The van der Waals surface area contributed by atoms with Gasteiger partial charge in [-0.25, -0.2) is 8.42 Å². The predicted octanol–water partition coefficient (Wildman–Crippen LogP) is 0.852. The van der Waals surface area contributed by atoms with E-state index in [2.05, 4.69) is 15.4 Å². The molecule has 0 unspecified atom stereocenters. The molecule has 3 N–H and O–H groups in total. The first kappa shape index (κ1) is 14.8. The van der Waals surface area contributed by atoms with Crippen molar-refractivity contribution in [1.82, 2.24) is 5.32 Å². The second-order valence-corrected chi connectivity index (χ2v) is 6.93. The fourth-order valence-corrected chi connectivity index (χ4v) is 2.80. The molecule has 1 heterocycles. The van der Waals surface area contributed by atoms with Crippen LogP contribution in [-0.2, 0) is 14.8 Å². The third kappa shape index (κ3) is 3.94. The molecule has 1 aromatic rings. The van der Waals surface area contributed by atoms with Gasteiger partial charge in [0.1, 0.15) is 0 Å². The van der Waals surface area contributed by atoms with Gasteiger partial charge < -0.3 is 10.6 Å². The van der Waals surface area contributed by atoms with Crippen molar-refractivity contribution >= 4 is 27.3 Å². The minimum Gasteiger partial charge on any atom is -0.326 e. The van der Waals surface area contributed by atoms with Crippen LogP contribution in [0.15, 0.2) is 24.3 Å². The molecule has 110 valence electrons. The maximum Gasteiger partial charge on any atom is 0.229 e. The lowest BCUT2D eigenvalue weighted by molar-refractivity contribution is -0.120. The summed E-state index contributed by atoms with van der Waals surface area (Å²) in [5, 5.41) is 6.03. The van der Waals surface area contributed by atoms with Crippen molar-refractivity contribution in [2.75, 3.05) is 29.4 Å². The summed E-state index contributed by atoms with van der Waals surface area (Å²) in [4.78, 5) is 12.1. The summed E-state index contributed by atoms with van der Waals surface area (Å²) in [6, 6.07) is 6.59. The van der Waals surface area contributed by atoms with Gasteiger partial charge in [-0.1, -0.05) is 6.92 Å². The van der Waals surface area contributed by atoms with E-state index in [1.165, 1.54) is 0 Å². The molecule has 0 aromatic heterocycles. The Balaban J connectivity index is 1.98. The van der Waals surface area contributed by atoms with E-state index < -0.39 is 10.0 Å². The summed E-state index contributed by atoms with van der Waals surface area (Å²) in [7, 11) is -3.28. The molecule has 2 atom stereocenters. The fourth-order valence-electron chi connectivity index (χ4n) is 2.23. The molecule has 1 saturated heterocycles. The maximum absolute atomic E-state index is 12.1. The topological polar surface area (TPSA) is 87.3 Å². The number of carbonyl (C=O) groups excluding carboxylic acids is 1. The van der Waals surface area contributed by atoms with E-state index in [0.29, 0.717) is 23.8 Å². The Morgan fingerprint density at radius 3 is 2.30 bits per heavy atom. The van der Waals surface area contributed by atoms with E-state index in [1.54, 1.807) is 24.3 Å². The van der Waals surface area contributed by atoms with Gasteiger partial charge in [0, 0.05) is 17.9 Å². The largest absolute Gasteiger partial charge is 0.326 e. The molecule has 1 aliphatic rings. The van der Waals surface area contributed by atoms with Crippen molar-refractivity contribution in [2.45, 2.75) is 6.92 Å². The molecule has 0 radical (unpaired) electrons. The lowest BCUT2D eigenvalue weighted by atomic mass is 9.97. The molecule has 1 fully saturated rings. The van der Waals surface area contributed by atoms with Crippen LogP contribution in [0.2, 0.25) is 0 Å². The first-order valence-electron chi connectivity index (χ1n) is 6.44. The number of hydrogen-bond acceptors (Lipinski definition) is 4. The molecule has 1 aromatic carbocycles. The molecule has 7 heteroatoms. The molecule has 0 aliphatic carbocycles. The van der Waals surface area contributed by atoms with Gasteiger partial charge in [0.2, 0.25) is 15.9 Å². The number of anilines is 2. The molecule has 1 amide bonds. The van der Waals surface area contributed by atoms with Gasteiger partial charge >= 0.3 is 0 Å². The second kappa shape index (κ2) is 5.80. The first-order valence-corrected chi connectivity index (χ1v) is 8.34. The van der Waals surface area contributed by atoms with Crippen LogP contribution in [-0.4, -0.2) is 33.7 Å². The number of nitrogens with one attached hydrogen (secondary N) is 3. The van der Waals surface area contributed by atoms with Gasteiger partial charge in [0.15, 0.2) is 0 Å². The van der Waals surface area contributed by atoms with Crippen LogP contribution in [0.3, 0.4) is 0 Å². The van der Waals surface area contributed by atoms with Gasteiger partial charge in [-0.2, -0.15) is 0 Å². The Morgan fingerprint density at radius 1 is 1.20 bits per heavy atom. The average molecular weight is 297 g/mol. The summed E-state index contributed by atoms with van der Waals surface area (Å²) >= 11 is 0. The highest BCUT2D eigenvalue weighted by Crippen LogP contribution is 2.19. The molecular formula is C13H19N3O3S. The fraction of sp³-hybridized carbons (Fsp3) is 0.462. The van der Waals surface area contributed by atoms with E-state index in [0.717, 1.165) is 12.8 Å². The third-order valence-corrected chi connectivity index (χ3v) is 3.92. The van der Waals surface area contributed by atoms with Crippen molar-refractivity contribution in [1.29, 1.82) is 0 Å². The molecule has 6 nitrogen and oxygen atoms in total. The maximum atomic E-state index is 12.1. The standard InChI is InChI=1S/C13H19N3O3S/c1-9-7-14-8-12(9)13(17)15-10-3-5-11(6-4-10)16-20(2,18)19/h3-6,9,12,14,16H,7-8H2,1-2H3,(H,15,17)/t9-,12-/m1/s1. The highest BCUT2D eigenvalue weighted by molar-refractivity contribution is 7.92. The smallest absolute Gasteiger partial charge is 0.229 e. The molecule has 0 saturated carbocycles. The normalized spacial score (nSPS) is 22.5. The van der Waals surface area contributed by atoms with Crippen molar-refractivity contribution in [2.24, 2.45) is 11.8 Å². The van der Waals surface area contributed by atoms with E-state index in [-0.39, 0.29) is 11.8 Å². The van der Waals surface area contributed by atoms with Crippen LogP contribution in [0.1, 0.15) is 6.92 Å². The van der Waals surface area contributed by atoms with Gasteiger partial charge in [-0.15, -0.1) is 0 Å². The summed E-state index contributed by atoms with van der Waals surface area (Å²) in [5.74, 6) is 0.288. The zero-order chi connectivity index (χ0) is 14.8. The molecule has 0 bridgehead atoms. The monoisotopic (exact) mass is 297 g/mol. The van der Waals surface area contributed by atoms with Crippen molar-refractivity contribution in [3.05, 3.63) is 24.3 Å². The summed E-state index contributed by atoms with van der Waals surface area (Å²) in [6.45, 7) is 3.60. The number of rotatable bonds is 4. The number of hydrogen-bond donors (Lipinski definition) is 3. The van der Waals surface area contributed by atoms with E-state index in [4.69, 9.17) is 0 Å². The minimum absolute atomic E-state index is 0.00803. The zero-order valence-corrected chi connectivity index (χ0v) is 12.3. The Hall–Kier alpha value is -1.60. The molecule has 1 aliphatic heterocycles. The van der Waals surface area contributed by atoms with Gasteiger partial charge in [0.25, 0.3) is 0 Å². The van der Waals surface area contributed by atoms with Gasteiger partial charge in [-0.05, 0) is 36.7 Å². The lowest BCUT2D eigenvalue weighted by Gasteiger charge is -2.14. The van der Waals surface area contributed by atoms with E-state index in [9.17, 15) is 13.2 Å². The van der Waals surface area contributed by atoms with Gasteiger partial charge in [0.05, 0.1) is 12.2 Å². The number of sulfonamides is 1.